The number of hydrogen-bond donors (Lipinski definition) is 0. The fraction of sp³-hybridized carbons (Fsp3) is 0.611. The lowest BCUT2D eigenvalue weighted by Gasteiger charge is -2.37. The van der Waals surface area contributed by atoms with E-state index < -0.39 is 0 Å². The van der Waals surface area contributed by atoms with E-state index in [1.54, 1.807) is 12.1 Å². The summed E-state index contributed by atoms with van der Waals surface area (Å²) in [5.41, 5.74) is 0.746. The van der Waals surface area contributed by atoms with E-state index in [2.05, 4.69) is 11.8 Å². The van der Waals surface area contributed by atoms with Crippen molar-refractivity contribution in [3.63, 3.8) is 0 Å². The van der Waals surface area contributed by atoms with Crippen molar-refractivity contribution in [2.24, 2.45) is 0 Å². The van der Waals surface area contributed by atoms with Crippen LogP contribution < -0.4 is 0 Å². The van der Waals surface area contributed by atoms with Gasteiger partial charge in [-0.2, -0.15) is 0 Å². The molecule has 23 heavy (non-hydrogen) atoms. The maximum Gasteiger partial charge on any atom is 0.237 e. The number of rotatable bonds is 4. The molecule has 2 saturated heterocycles. The van der Waals surface area contributed by atoms with E-state index in [9.17, 15) is 9.18 Å². The quantitative estimate of drug-likeness (QED) is 0.851. The summed E-state index contributed by atoms with van der Waals surface area (Å²) >= 11 is 0. The molecular formula is C18H25FN2O2. The zero-order valence-corrected chi connectivity index (χ0v) is 13.8. The Morgan fingerprint density at radius 3 is 2.83 bits per heavy atom. The van der Waals surface area contributed by atoms with Crippen LogP contribution in [-0.4, -0.2) is 60.6 Å². The maximum absolute atomic E-state index is 13.4. The Morgan fingerprint density at radius 1 is 1.30 bits per heavy atom. The number of likely N-dealkylation sites (tertiary alicyclic amines) is 1. The van der Waals surface area contributed by atoms with E-state index in [0.29, 0.717) is 26.2 Å². The molecule has 2 aliphatic rings. The van der Waals surface area contributed by atoms with Crippen molar-refractivity contribution in [2.75, 3.05) is 39.4 Å². The number of amides is 1. The van der Waals surface area contributed by atoms with Gasteiger partial charge in [-0.05, 0) is 43.9 Å². The van der Waals surface area contributed by atoms with Gasteiger partial charge < -0.3 is 9.64 Å². The van der Waals surface area contributed by atoms with Crippen molar-refractivity contribution in [3.05, 3.63) is 35.6 Å². The van der Waals surface area contributed by atoms with Crippen molar-refractivity contribution in [2.45, 2.75) is 31.7 Å². The number of morpholine rings is 1. The van der Waals surface area contributed by atoms with Crippen LogP contribution in [0.3, 0.4) is 0 Å². The lowest BCUT2D eigenvalue weighted by atomic mass is 9.90. The average Bonchev–Trinajstić information content (AvgIpc) is 2.89. The summed E-state index contributed by atoms with van der Waals surface area (Å²) in [6.07, 6.45) is 2.69. The van der Waals surface area contributed by atoms with Gasteiger partial charge in [-0.15, -0.1) is 0 Å². The molecule has 0 bridgehead atoms. The van der Waals surface area contributed by atoms with Crippen LogP contribution in [0.1, 0.15) is 25.3 Å². The second-order valence-electron chi connectivity index (χ2n) is 6.84. The van der Waals surface area contributed by atoms with Crippen molar-refractivity contribution in [3.8, 4) is 0 Å². The first-order valence-corrected chi connectivity index (χ1v) is 8.42. The third-order valence-electron chi connectivity index (χ3n) is 4.99. The maximum atomic E-state index is 13.4. The molecule has 1 amide bonds. The minimum Gasteiger partial charge on any atom is -0.379 e. The highest BCUT2D eigenvalue weighted by Gasteiger charge is 2.39. The van der Waals surface area contributed by atoms with Gasteiger partial charge in [-0.1, -0.05) is 12.1 Å². The van der Waals surface area contributed by atoms with E-state index in [-0.39, 0.29) is 17.3 Å². The van der Waals surface area contributed by atoms with E-state index >= 15 is 0 Å². The summed E-state index contributed by atoms with van der Waals surface area (Å²) < 4.78 is 18.8. The molecule has 0 N–H and O–H groups in total. The molecule has 0 radical (unpaired) electrons. The van der Waals surface area contributed by atoms with Crippen molar-refractivity contribution >= 4 is 5.91 Å². The molecule has 4 nitrogen and oxygen atoms in total. The summed E-state index contributed by atoms with van der Waals surface area (Å²) in [6.45, 7) is 6.43. The van der Waals surface area contributed by atoms with Gasteiger partial charge in [-0.3, -0.25) is 9.69 Å². The van der Waals surface area contributed by atoms with Crippen LogP contribution >= 0.6 is 0 Å². The Balaban J connectivity index is 1.66. The molecule has 5 heteroatoms. The lowest BCUT2D eigenvalue weighted by Crippen LogP contribution is -2.51. The molecule has 2 heterocycles. The van der Waals surface area contributed by atoms with Gasteiger partial charge >= 0.3 is 0 Å². The number of ether oxygens (including phenoxy) is 1. The van der Waals surface area contributed by atoms with E-state index in [4.69, 9.17) is 4.74 Å². The van der Waals surface area contributed by atoms with Gasteiger partial charge in [0.1, 0.15) is 5.82 Å². The molecule has 2 fully saturated rings. The highest BCUT2D eigenvalue weighted by atomic mass is 19.1. The Labute approximate surface area is 137 Å². The Hall–Kier alpha value is -1.46. The smallest absolute Gasteiger partial charge is 0.237 e. The predicted octanol–water partition coefficient (Wildman–Crippen LogP) is 2.08. The van der Waals surface area contributed by atoms with Gasteiger partial charge in [0.25, 0.3) is 0 Å². The largest absolute Gasteiger partial charge is 0.379 e. The second kappa shape index (κ2) is 6.97. The Bertz CT molecular complexity index is 560. The van der Waals surface area contributed by atoms with Crippen LogP contribution in [0.2, 0.25) is 0 Å². The van der Waals surface area contributed by atoms with Crippen molar-refractivity contribution in [1.82, 2.24) is 9.80 Å². The summed E-state index contributed by atoms with van der Waals surface area (Å²) in [7, 11) is 0. The zero-order valence-electron chi connectivity index (χ0n) is 13.8. The Morgan fingerprint density at radius 2 is 2.09 bits per heavy atom. The molecule has 3 rings (SSSR count). The van der Waals surface area contributed by atoms with Crippen LogP contribution in [0, 0.1) is 5.82 Å². The summed E-state index contributed by atoms with van der Waals surface area (Å²) in [6, 6.07) is 6.72. The third kappa shape index (κ3) is 3.90. The number of carbonyl (C=O) groups excluding carboxylic acids is 1. The zero-order chi connectivity index (χ0) is 16.3. The Kier molecular flexibility index (Phi) is 4.97. The van der Waals surface area contributed by atoms with Crippen LogP contribution in [0.4, 0.5) is 4.39 Å². The number of halogens is 1. The molecule has 126 valence electrons. The van der Waals surface area contributed by atoms with Gasteiger partial charge in [0.2, 0.25) is 5.91 Å². The average molecular weight is 320 g/mol. The molecule has 1 atom stereocenters. The minimum absolute atomic E-state index is 0.184. The lowest BCUT2D eigenvalue weighted by molar-refractivity contribution is -0.137. The fourth-order valence-electron chi connectivity index (χ4n) is 3.76. The van der Waals surface area contributed by atoms with E-state index in [1.165, 1.54) is 6.07 Å². The standard InChI is InChI=1S/C18H25FN2O2/c1-18(13-15-4-2-5-16(19)12-15)6-3-7-21(18)17(22)14-20-8-10-23-11-9-20/h2,4-5,12H,3,6-11,13-14H2,1H3. The molecule has 2 aliphatic heterocycles. The first-order chi connectivity index (χ1) is 11.1. The van der Waals surface area contributed by atoms with E-state index in [1.807, 2.05) is 11.0 Å². The first kappa shape index (κ1) is 16.4. The normalized spacial score (nSPS) is 25.7. The number of carbonyl (C=O) groups is 1. The third-order valence-corrected chi connectivity index (χ3v) is 4.99. The van der Waals surface area contributed by atoms with Crippen LogP contribution in [0.5, 0.6) is 0 Å². The highest BCUT2D eigenvalue weighted by Crippen LogP contribution is 2.32. The molecule has 0 spiro atoms. The number of nitrogens with zero attached hydrogens (tertiary/aromatic N) is 2. The van der Waals surface area contributed by atoms with Crippen LogP contribution in [0.15, 0.2) is 24.3 Å². The van der Waals surface area contributed by atoms with Gasteiger partial charge in [0.15, 0.2) is 0 Å². The van der Waals surface area contributed by atoms with Crippen LogP contribution in [-0.2, 0) is 16.0 Å². The molecule has 1 aromatic rings. The molecule has 0 saturated carbocycles. The van der Waals surface area contributed by atoms with Crippen molar-refractivity contribution in [1.29, 1.82) is 0 Å². The summed E-state index contributed by atoms with van der Waals surface area (Å²) in [5.74, 6) is -0.0291. The predicted molar refractivity (Wildman–Crippen MR) is 86.7 cm³/mol. The SMILES string of the molecule is CC1(Cc2cccc(F)c2)CCCN1C(=O)CN1CCOCC1. The van der Waals surface area contributed by atoms with Gasteiger partial charge in [-0.25, -0.2) is 4.39 Å². The number of hydrogen-bond acceptors (Lipinski definition) is 3. The first-order valence-electron chi connectivity index (χ1n) is 8.42. The molecule has 1 unspecified atom stereocenters. The molecule has 1 aromatic carbocycles. The van der Waals surface area contributed by atoms with Gasteiger partial charge in [0.05, 0.1) is 19.8 Å². The molecular weight excluding hydrogens is 295 g/mol. The fourth-order valence-corrected chi connectivity index (χ4v) is 3.76. The molecule has 0 aliphatic carbocycles. The number of benzene rings is 1. The van der Waals surface area contributed by atoms with Crippen molar-refractivity contribution < 1.29 is 13.9 Å². The summed E-state index contributed by atoms with van der Waals surface area (Å²) in [4.78, 5) is 16.9. The molecule has 0 aromatic heterocycles. The second-order valence-corrected chi connectivity index (χ2v) is 6.84. The van der Waals surface area contributed by atoms with Crippen LogP contribution in [0.25, 0.3) is 0 Å². The topological polar surface area (TPSA) is 32.8 Å². The monoisotopic (exact) mass is 320 g/mol. The van der Waals surface area contributed by atoms with E-state index in [0.717, 1.165) is 38.0 Å². The summed E-state index contributed by atoms with van der Waals surface area (Å²) in [5, 5.41) is 0. The van der Waals surface area contributed by atoms with Gasteiger partial charge in [0, 0.05) is 25.2 Å². The highest BCUT2D eigenvalue weighted by molar-refractivity contribution is 5.79. The minimum atomic E-state index is -0.213.